The number of nitrogens with zero attached hydrogens (tertiary/aromatic N) is 2. The molecule has 0 aliphatic carbocycles. The molecule has 2 aromatic rings. The Balaban J connectivity index is 1.79. The summed E-state index contributed by atoms with van der Waals surface area (Å²) >= 11 is 6.28. The third kappa shape index (κ3) is 4.16. The summed E-state index contributed by atoms with van der Waals surface area (Å²) in [7, 11) is -2.21. The lowest BCUT2D eigenvalue weighted by molar-refractivity contribution is -0.147. The van der Waals surface area contributed by atoms with Gasteiger partial charge in [-0.2, -0.15) is 4.31 Å². The van der Waals surface area contributed by atoms with Crippen LogP contribution in [0.5, 0.6) is 0 Å². The fraction of sp³-hybridized carbons (Fsp3) is 0.316. The zero-order valence-electron chi connectivity index (χ0n) is 14.9. The van der Waals surface area contributed by atoms with Crippen molar-refractivity contribution in [3.63, 3.8) is 0 Å². The van der Waals surface area contributed by atoms with Gasteiger partial charge in [-0.25, -0.2) is 13.2 Å². The Morgan fingerprint density at radius 2 is 1.59 bits per heavy atom. The number of benzene rings is 2. The molecule has 1 aliphatic rings. The Labute approximate surface area is 164 Å². The van der Waals surface area contributed by atoms with Crippen molar-refractivity contribution >= 4 is 27.6 Å². The van der Waals surface area contributed by atoms with E-state index in [9.17, 15) is 13.2 Å². The van der Waals surface area contributed by atoms with Gasteiger partial charge in [0.2, 0.25) is 10.0 Å². The molecule has 0 radical (unpaired) electrons. The summed E-state index contributed by atoms with van der Waals surface area (Å²) in [5.74, 6) is -0.414. The minimum absolute atomic E-state index is 0.272. The lowest BCUT2D eigenvalue weighted by atomic mass is 10.0. The highest BCUT2D eigenvalue weighted by atomic mass is 35.5. The van der Waals surface area contributed by atoms with Crippen LogP contribution in [0.25, 0.3) is 0 Å². The van der Waals surface area contributed by atoms with Crippen molar-refractivity contribution in [3.05, 3.63) is 65.2 Å². The smallest absolute Gasteiger partial charge is 0.327 e. The Kier molecular flexibility index (Phi) is 6.16. The zero-order valence-corrected chi connectivity index (χ0v) is 16.5. The van der Waals surface area contributed by atoms with Crippen molar-refractivity contribution in [1.82, 2.24) is 9.21 Å². The van der Waals surface area contributed by atoms with E-state index in [-0.39, 0.29) is 18.0 Å². The predicted octanol–water partition coefficient (Wildman–Crippen LogP) is 2.56. The second-order valence-corrected chi connectivity index (χ2v) is 8.55. The highest BCUT2D eigenvalue weighted by Gasteiger charge is 2.35. The van der Waals surface area contributed by atoms with Crippen LogP contribution in [-0.4, -0.2) is 56.9 Å². The summed E-state index contributed by atoms with van der Waals surface area (Å²) < 4.78 is 32.0. The number of rotatable bonds is 5. The fourth-order valence-corrected chi connectivity index (χ4v) is 4.91. The molecule has 1 aliphatic heterocycles. The number of hydrogen-bond acceptors (Lipinski definition) is 5. The van der Waals surface area contributed by atoms with Gasteiger partial charge >= 0.3 is 5.97 Å². The van der Waals surface area contributed by atoms with Crippen LogP contribution in [0.3, 0.4) is 0 Å². The Morgan fingerprint density at radius 3 is 2.19 bits per heavy atom. The first kappa shape index (κ1) is 19.8. The molecular formula is C19H21ClN2O4S. The molecule has 8 heteroatoms. The van der Waals surface area contributed by atoms with Gasteiger partial charge < -0.3 is 4.74 Å². The number of sulfonamides is 1. The van der Waals surface area contributed by atoms with Crippen molar-refractivity contribution in [2.75, 3.05) is 33.3 Å². The van der Waals surface area contributed by atoms with Crippen molar-refractivity contribution in [2.24, 2.45) is 0 Å². The molecule has 0 saturated carbocycles. The van der Waals surface area contributed by atoms with E-state index < -0.39 is 22.0 Å². The van der Waals surface area contributed by atoms with Crippen LogP contribution in [0.4, 0.5) is 0 Å². The predicted molar refractivity (Wildman–Crippen MR) is 103 cm³/mol. The van der Waals surface area contributed by atoms with Crippen molar-refractivity contribution < 1.29 is 17.9 Å². The highest BCUT2D eigenvalue weighted by molar-refractivity contribution is 7.89. The molecule has 27 heavy (non-hydrogen) atoms. The van der Waals surface area contributed by atoms with Crippen molar-refractivity contribution in [1.29, 1.82) is 0 Å². The standard InChI is InChI=1S/C19H21ClN2O4S/c1-26-19(23)18(16-9-5-6-10-17(16)20)21-11-13-22(14-12-21)27(24,25)15-7-3-2-4-8-15/h2-10,18H,11-14H2,1H3. The maximum atomic E-state index is 12.8. The molecule has 1 atom stereocenters. The fourth-order valence-electron chi connectivity index (χ4n) is 3.22. The number of piperazine rings is 1. The number of carbonyl (C=O) groups is 1. The number of methoxy groups -OCH3 is 1. The largest absolute Gasteiger partial charge is 0.468 e. The van der Waals surface area contributed by atoms with E-state index >= 15 is 0 Å². The normalized spacial score (nSPS) is 17.4. The van der Waals surface area contributed by atoms with Crippen LogP contribution in [-0.2, 0) is 19.6 Å². The molecule has 0 amide bonds. The van der Waals surface area contributed by atoms with Crippen LogP contribution in [0, 0.1) is 0 Å². The van der Waals surface area contributed by atoms with Crippen LogP contribution in [0.2, 0.25) is 5.02 Å². The summed E-state index contributed by atoms with van der Waals surface area (Å²) in [5, 5.41) is 0.479. The number of carbonyl (C=O) groups excluding carboxylic acids is 1. The minimum atomic E-state index is -3.55. The molecule has 144 valence electrons. The summed E-state index contributed by atoms with van der Waals surface area (Å²) in [4.78, 5) is 14.6. The number of ether oxygens (including phenoxy) is 1. The van der Waals surface area contributed by atoms with Crippen LogP contribution >= 0.6 is 11.6 Å². The third-order valence-corrected chi connectivity index (χ3v) is 6.90. The molecule has 1 fully saturated rings. The van der Waals surface area contributed by atoms with Gasteiger partial charge in [-0.15, -0.1) is 0 Å². The molecule has 0 spiro atoms. The van der Waals surface area contributed by atoms with Gasteiger partial charge in [-0.05, 0) is 23.8 Å². The van der Waals surface area contributed by atoms with Gasteiger partial charge in [0.15, 0.2) is 0 Å². The van der Waals surface area contributed by atoms with Crippen molar-refractivity contribution in [2.45, 2.75) is 10.9 Å². The first-order valence-electron chi connectivity index (χ1n) is 8.56. The molecule has 3 rings (SSSR count). The lowest BCUT2D eigenvalue weighted by Crippen LogP contribution is -2.51. The van der Waals surface area contributed by atoms with E-state index in [2.05, 4.69) is 0 Å². The first-order chi connectivity index (χ1) is 12.9. The summed E-state index contributed by atoms with van der Waals surface area (Å²) in [6, 6.07) is 14.8. The number of hydrogen-bond donors (Lipinski definition) is 0. The SMILES string of the molecule is COC(=O)C(c1ccccc1Cl)N1CCN(S(=O)(=O)c2ccccc2)CC1. The molecule has 1 unspecified atom stereocenters. The van der Waals surface area contributed by atoms with Crippen LogP contribution in [0.1, 0.15) is 11.6 Å². The van der Waals surface area contributed by atoms with Crippen molar-refractivity contribution in [3.8, 4) is 0 Å². The Hall–Kier alpha value is -1.93. The first-order valence-corrected chi connectivity index (χ1v) is 10.4. The summed E-state index contributed by atoms with van der Waals surface area (Å²) in [6.45, 7) is 1.37. The van der Waals surface area contributed by atoms with Crippen LogP contribution in [0.15, 0.2) is 59.5 Å². The molecule has 1 saturated heterocycles. The van der Waals surface area contributed by atoms with Gasteiger partial charge in [0, 0.05) is 31.2 Å². The second-order valence-electron chi connectivity index (χ2n) is 6.20. The summed E-state index contributed by atoms with van der Waals surface area (Å²) in [5.41, 5.74) is 0.658. The molecular weight excluding hydrogens is 388 g/mol. The number of halogens is 1. The van der Waals surface area contributed by atoms with Gasteiger partial charge in [-0.3, -0.25) is 4.90 Å². The zero-order chi connectivity index (χ0) is 19.4. The molecule has 2 aromatic carbocycles. The van der Waals surface area contributed by atoms with E-state index in [1.54, 1.807) is 48.5 Å². The van der Waals surface area contributed by atoms with Gasteiger partial charge in [-0.1, -0.05) is 48.0 Å². The van der Waals surface area contributed by atoms with Crippen LogP contribution < -0.4 is 0 Å². The summed E-state index contributed by atoms with van der Waals surface area (Å²) in [6.07, 6.45) is 0. The Morgan fingerprint density at radius 1 is 1.00 bits per heavy atom. The second kappa shape index (κ2) is 8.39. The topological polar surface area (TPSA) is 66.9 Å². The van der Waals surface area contributed by atoms with E-state index in [0.29, 0.717) is 23.7 Å². The monoisotopic (exact) mass is 408 g/mol. The number of esters is 1. The third-order valence-electron chi connectivity index (χ3n) is 4.64. The molecule has 0 bridgehead atoms. The molecule has 1 heterocycles. The maximum absolute atomic E-state index is 12.8. The van der Waals surface area contributed by atoms with E-state index in [1.807, 2.05) is 11.0 Å². The average molecular weight is 409 g/mol. The van der Waals surface area contributed by atoms with E-state index in [0.717, 1.165) is 0 Å². The molecule has 0 N–H and O–H groups in total. The average Bonchev–Trinajstić information content (AvgIpc) is 2.70. The maximum Gasteiger partial charge on any atom is 0.327 e. The quantitative estimate of drug-likeness (QED) is 0.711. The van der Waals surface area contributed by atoms with E-state index in [4.69, 9.17) is 16.3 Å². The van der Waals surface area contributed by atoms with Gasteiger partial charge in [0.1, 0.15) is 6.04 Å². The van der Waals surface area contributed by atoms with E-state index in [1.165, 1.54) is 11.4 Å². The lowest BCUT2D eigenvalue weighted by Gasteiger charge is -2.37. The Bertz CT molecular complexity index is 897. The highest BCUT2D eigenvalue weighted by Crippen LogP contribution is 2.30. The molecule has 6 nitrogen and oxygen atoms in total. The van der Waals surface area contributed by atoms with Gasteiger partial charge in [0.05, 0.1) is 12.0 Å². The van der Waals surface area contributed by atoms with Gasteiger partial charge in [0.25, 0.3) is 0 Å². The minimum Gasteiger partial charge on any atom is -0.468 e. The molecule has 0 aromatic heterocycles.